The lowest BCUT2D eigenvalue weighted by Gasteiger charge is -2.24. The van der Waals surface area contributed by atoms with E-state index in [2.05, 4.69) is 26.1 Å². The average molecular weight is 187 g/mol. The fraction of sp³-hybridized carbons (Fsp3) is 1.00. The molecule has 0 heterocycles. The van der Waals surface area contributed by atoms with Gasteiger partial charge in [0.1, 0.15) is 0 Å². The number of hydrogen-bond acceptors (Lipinski definition) is 2. The quantitative estimate of drug-likeness (QED) is 0.659. The molecule has 2 nitrogen and oxygen atoms in total. The largest absolute Gasteiger partial charge is 0.384 e. The lowest BCUT2D eigenvalue weighted by atomic mass is 9.87. The number of methoxy groups -OCH3 is 1. The number of ether oxygens (including phenoxy) is 1. The molecule has 0 aromatic carbocycles. The molecule has 0 saturated carbocycles. The molecule has 0 aromatic rings. The zero-order valence-electron chi connectivity index (χ0n) is 9.76. The lowest BCUT2D eigenvalue weighted by Crippen LogP contribution is -2.28. The smallest absolute Gasteiger partial charge is 0.0490 e. The molecule has 0 fully saturated rings. The van der Waals surface area contributed by atoms with Crippen LogP contribution in [0.2, 0.25) is 0 Å². The first-order chi connectivity index (χ1) is 6.11. The van der Waals surface area contributed by atoms with Gasteiger partial charge in [0.2, 0.25) is 0 Å². The summed E-state index contributed by atoms with van der Waals surface area (Å²) in [7, 11) is 3.80. The highest BCUT2D eigenvalue weighted by Gasteiger charge is 2.17. The number of nitrogens with one attached hydrogen (secondary N) is 1. The van der Waals surface area contributed by atoms with Gasteiger partial charge in [0.15, 0.2) is 0 Å². The van der Waals surface area contributed by atoms with E-state index >= 15 is 0 Å². The van der Waals surface area contributed by atoms with Crippen molar-refractivity contribution in [3.05, 3.63) is 0 Å². The van der Waals surface area contributed by atoms with Crippen LogP contribution in [0.4, 0.5) is 0 Å². The van der Waals surface area contributed by atoms with Crippen molar-refractivity contribution >= 4 is 0 Å². The third-order valence-electron chi connectivity index (χ3n) is 2.47. The molecule has 80 valence electrons. The Kier molecular flexibility index (Phi) is 7.29. The van der Waals surface area contributed by atoms with Gasteiger partial charge in [-0.05, 0) is 37.8 Å². The molecule has 0 radical (unpaired) electrons. The average Bonchev–Trinajstić information content (AvgIpc) is 2.03. The van der Waals surface area contributed by atoms with Crippen LogP contribution in [0.1, 0.15) is 27.2 Å². The SMILES string of the molecule is CNCC(CC(C)C)C(C)COC. The molecular formula is C11H25NO. The van der Waals surface area contributed by atoms with E-state index in [0.717, 1.165) is 25.0 Å². The van der Waals surface area contributed by atoms with Crippen molar-refractivity contribution in [2.75, 3.05) is 27.3 Å². The summed E-state index contributed by atoms with van der Waals surface area (Å²) in [5, 5.41) is 3.26. The van der Waals surface area contributed by atoms with Crippen LogP contribution >= 0.6 is 0 Å². The van der Waals surface area contributed by atoms with Gasteiger partial charge >= 0.3 is 0 Å². The van der Waals surface area contributed by atoms with Crippen LogP contribution in [0, 0.1) is 17.8 Å². The zero-order chi connectivity index (χ0) is 10.3. The van der Waals surface area contributed by atoms with E-state index in [1.165, 1.54) is 6.42 Å². The van der Waals surface area contributed by atoms with Gasteiger partial charge in [-0.2, -0.15) is 0 Å². The molecule has 13 heavy (non-hydrogen) atoms. The van der Waals surface area contributed by atoms with Gasteiger partial charge in [-0.1, -0.05) is 20.8 Å². The molecule has 0 amide bonds. The summed E-state index contributed by atoms with van der Waals surface area (Å²) in [5.74, 6) is 2.17. The van der Waals surface area contributed by atoms with Crippen LogP contribution < -0.4 is 5.32 Å². The van der Waals surface area contributed by atoms with Crippen LogP contribution in [-0.2, 0) is 4.74 Å². The van der Waals surface area contributed by atoms with Crippen molar-refractivity contribution in [1.29, 1.82) is 0 Å². The molecule has 0 aliphatic rings. The first-order valence-electron chi connectivity index (χ1n) is 5.25. The minimum atomic E-state index is 0.653. The maximum Gasteiger partial charge on any atom is 0.0490 e. The monoisotopic (exact) mass is 187 g/mol. The summed E-state index contributed by atoms with van der Waals surface area (Å²) >= 11 is 0. The van der Waals surface area contributed by atoms with E-state index in [1.54, 1.807) is 7.11 Å². The third kappa shape index (κ3) is 6.05. The van der Waals surface area contributed by atoms with Crippen LogP contribution in [0.25, 0.3) is 0 Å². The van der Waals surface area contributed by atoms with E-state index in [9.17, 15) is 0 Å². The van der Waals surface area contributed by atoms with E-state index in [0.29, 0.717) is 5.92 Å². The summed E-state index contributed by atoms with van der Waals surface area (Å²) in [5.41, 5.74) is 0. The topological polar surface area (TPSA) is 21.3 Å². The maximum absolute atomic E-state index is 5.18. The van der Waals surface area contributed by atoms with E-state index in [4.69, 9.17) is 4.74 Å². The van der Waals surface area contributed by atoms with Gasteiger partial charge in [-0.15, -0.1) is 0 Å². The van der Waals surface area contributed by atoms with Crippen LogP contribution in [0.3, 0.4) is 0 Å². The molecule has 1 N–H and O–H groups in total. The normalized spacial score (nSPS) is 16.2. The maximum atomic E-state index is 5.18. The highest BCUT2D eigenvalue weighted by atomic mass is 16.5. The van der Waals surface area contributed by atoms with Gasteiger partial charge in [-0.3, -0.25) is 0 Å². The predicted molar refractivity (Wildman–Crippen MR) is 57.9 cm³/mol. The summed E-state index contributed by atoms with van der Waals surface area (Å²) in [6, 6.07) is 0. The second-order valence-corrected chi connectivity index (χ2v) is 4.38. The Morgan fingerprint density at radius 3 is 2.23 bits per heavy atom. The molecule has 2 unspecified atom stereocenters. The van der Waals surface area contributed by atoms with Crippen molar-refractivity contribution in [2.45, 2.75) is 27.2 Å². The molecule has 0 aromatic heterocycles. The second kappa shape index (κ2) is 7.34. The van der Waals surface area contributed by atoms with Crippen molar-refractivity contribution < 1.29 is 4.74 Å². The summed E-state index contributed by atoms with van der Waals surface area (Å²) in [4.78, 5) is 0. The lowest BCUT2D eigenvalue weighted by molar-refractivity contribution is 0.121. The van der Waals surface area contributed by atoms with E-state index in [-0.39, 0.29) is 0 Å². The molecule has 0 saturated heterocycles. The van der Waals surface area contributed by atoms with Crippen LogP contribution in [-0.4, -0.2) is 27.3 Å². The summed E-state index contributed by atoms with van der Waals surface area (Å²) in [6.07, 6.45) is 1.28. The van der Waals surface area contributed by atoms with Crippen molar-refractivity contribution in [2.24, 2.45) is 17.8 Å². The third-order valence-corrected chi connectivity index (χ3v) is 2.47. The van der Waals surface area contributed by atoms with Crippen molar-refractivity contribution in [3.63, 3.8) is 0 Å². The molecule has 0 rings (SSSR count). The van der Waals surface area contributed by atoms with E-state index < -0.39 is 0 Å². The first kappa shape index (κ1) is 12.9. The molecule has 0 spiro atoms. The highest BCUT2D eigenvalue weighted by Crippen LogP contribution is 2.19. The Labute approximate surface area is 83.1 Å². The van der Waals surface area contributed by atoms with Crippen molar-refractivity contribution in [1.82, 2.24) is 5.32 Å². The summed E-state index contributed by atoms with van der Waals surface area (Å²) < 4.78 is 5.18. The van der Waals surface area contributed by atoms with E-state index in [1.807, 2.05) is 7.05 Å². The Balaban J connectivity index is 3.90. The van der Waals surface area contributed by atoms with Gasteiger partial charge < -0.3 is 10.1 Å². The molecule has 2 atom stereocenters. The van der Waals surface area contributed by atoms with Gasteiger partial charge in [-0.25, -0.2) is 0 Å². The Morgan fingerprint density at radius 2 is 1.85 bits per heavy atom. The van der Waals surface area contributed by atoms with Crippen molar-refractivity contribution in [3.8, 4) is 0 Å². The molecule has 0 aliphatic carbocycles. The summed E-state index contributed by atoms with van der Waals surface area (Å²) in [6.45, 7) is 8.81. The van der Waals surface area contributed by atoms with Crippen LogP contribution in [0.15, 0.2) is 0 Å². The van der Waals surface area contributed by atoms with Gasteiger partial charge in [0.05, 0.1) is 0 Å². The fourth-order valence-corrected chi connectivity index (χ4v) is 1.78. The predicted octanol–water partition coefficient (Wildman–Crippen LogP) is 2.15. The molecule has 0 bridgehead atoms. The Morgan fingerprint density at radius 1 is 1.23 bits per heavy atom. The minimum absolute atomic E-state index is 0.653. The fourth-order valence-electron chi connectivity index (χ4n) is 1.78. The molecular weight excluding hydrogens is 162 g/mol. The second-order valence-electron chi connectivity index (χ2n) is 4.38. The molecule has 2 heteroatoms. The number of rotatable bonds is 7. The van der Waals surface area contributed by atoms with Crippen LogP contribution in [0.5, 0.6) is 0 Å². The number of hydrogen-bond donors (Lipinski definition) is 1. The Bertz CT molecular complexity index is 115. The van der Waals surface area contributed by atoms with Gasteiger partial charge in [0.25, 0.3) is 0 Å². The first-order valence-corrected chi connectivity index (χ1v) is 5.25. The standard InChI is InChI=1S/C11H25NO/c1-9(2)6-11(7-12-4)10(3)8-13-5/h9-12H,6-8H2,1-5H3. The Hall–Kier alpha value is -0.0800. The van der Waals surface area contributed by atoms with Gasteiger partial charge in [0, 0.05) is 13.7 Å². The molecule has 0 aliphatic heterocycles. The minimum Gasteiger partial charge on any atom is -0.384 e. The zero-order valence-corrected chi connectivity index (χ0v) is 9.76. The highest BCUT2D eigenvalue weighted by molar-refractivity contribution is 4.69.